The van der Waals surface area contributed by atoms with Gasteiger partial charge < -0.3 is 16.4 Å². The molecule has 1 aliphatic carbocycles. The standard InChI is InChI=1S/C14H25N3O2/c1-14(16)7-3-2-4-11(14)13(19)17-8-5-10(6-9-17)12(15)18/h10-11H,2-9,16H2,1H3,(H2,15,18). The summed E-state index contributed by atoms with van der Waals surface area (Å²) in [6.07, 6.45) is 5.38. The molecule has 2 rings (SSSR count). The van der Waals surface area contributed by atoms with Gasteiger partial charge in [-0.25, -0.2) is 0 Å². The van der Waals surface area contributed by atoms with E-state index in [4.69, 9.17) is 11.5 Å². The largest absolute Gasteiger partial charge is 0.369 e. The van der Waals surface area contributed by atoms with Crippen molar-refractivity contribution in [3.05, 3.63) is 0 Å². The Morgan fingerprint density at radius 1 is 1.16 bits per heavy atom. The fourth-order valence-corrected chi connectivity index (χ4v) is 3.37. The van der Waals surface area contributed by atoms with Crippen molar-refractivity contribution in [1.82, 2.24) is 4.90 Å². The van der Waals surface area contributed by atoms with Crippen LogP contribution < -0.4 is 11.5 Å². The van der Waals surface area contributed by atoms with Gasteiger partial charge >= 0.3 is 0 Å². The van der Waals surface area contributed by atoms with Crippen LogP contribution in [0.25, 0.3) is 0 Å². The van der Waals surface area contributed by atoms with Crippen molar-refractivity contribution in [2.75, 3.05) is 13.1 Å². The Balaban J connectivity index is 1.95. The molecule has 2 amide bonds. The second kappa shape index (κ2) is 5.49. The first-order chi connectivity index (χ1) is 8.92. The second-order valence-electron chi connectivity index (χ2n) is 6.31. The minimum absolute atomic E-state index is 0.0635. The van der Waals surface area contributed by atoms with Gasteiger partial charge in [0.05, 0.1) is 5.92 Å². The molecule has 108 valence electrons. The lowest BCUT2D eigenvalue weighted by molar-refractivity contribution is -0.141. The Morgan fingerprint density at radius 2 is 1.79 bits per heavy atom. The van der Waals surface area contributed by atoms with Crippen LogP contribution in [0, 0.1) is 11.8 Å². The topological polar surface area (TPSA) is 89.4 Å². The maximum Gasteiger partial charge on any atom is 0.227 e. The third-order valence-electron chi connectivity index (χ3n) is 4.76. The van der Waals surface area contributed by atoms with Crippen LogP contribution in [-0.4, -0.2) is 35.3 Å². The number of carbonyl (C=O) groups is 2. The number of hydrogen-bond acceptors (Lipinski definition) is 3. The van der Waals surface area contributed by atoms with E-state index in [0.717, 1.165) is 25.7 Å². The van der Waals surface area contributed by atoms with Gasteiger partial charge in [-0.05, 0) is 32.6 Å². The van der Waals surface area contributed by atoms with Gasteiger partial charge in [-0.2, -0.15) is 0 Å². The highest BCUT2D eigenvalue weighted by Crippen LogP contribution is 2.33. The number of primary amides is 1. The third kappa shape index (κ3) is 3.08. The average Bonchev–Trinajstić information content (AvgIpc) is 2.37. The second-order valence-corrected chi connectivity index (χ2v) is 6.31. The predicted octanol–water partition coefficient (Wildman–Crippen LogP) is 0.618. The molecular formula is C14H25N3O2. The fraction of sp³-hybridized carbons (Fsp3) is 0.857. The SMILES string of the molecule is CC1(N)CCCCC1C(=O)N1CCC(C(N)=O)CC1. The molecule has 5 heteroatoms. The number of likely N-dealkylation sites (tertiary alicyclic amines) is 1. The van der Waals surface area contributed by atoms with Crippen molar-refractivity contribution >= 4 is 11.8 Å². The van der Waals surface area contributed by atoms with Crippen molar-refractivity contribution < 1.29 is 9.59 Å². The first-order valence-electron chi connectivity index (χ1n) is 7.29. The van der Waals surface area contributed by atoms with Crippen LogP contribution in [0.5, 0.6) is 0 Å². The molecule has 1 saturated heterocycles. The van der Waals surface area contributed by atoms with E-state index in [-0.39, 0.29) is 29.2 Å². The zero-order chi connectivity index (χ0) is 14.0. The van der Waals surface area contributed by atoms with E-state index in [1.54, 1.807) is 0 Å². The van der Waals surface area contributed by atoms with Crippen molar-refractivity contribution in [2.45, 2.75) is 51.0 Å². The van der Waals surface area contributed by atoms with Crippen LogP contribution in [0.3, 0.4) is 0 Å². The summed E-state index contributed by atoms with van der Waals surface area (Å²) in [5, 5.41) is 0. The van der Waals surface area contributed by atoms with E-state index >= 15 is 0 Å². The Labute approximate surface area is 114 Å². The molecule has 2 unspecified atom stereocenters. The Kier molecular flexibility index (Phi) is 4.13. The van der Waals surface area contributed by atoms with Gasteiger partial charge in [0.2, 0.25) is 11.8 Å². The third-order valence-corrected chi connectivity index (χ3v) is 4.76. The molecule has 0 aromatic carbocycles. The number of hydrogen-bond donors (Lipinski definition) is 2. The fourth-order valence-electron chi connectivity index (χ4n) is 3.37. The zero-order valence-electron chi connectivity index (χ0n) is 11.7. The molecule has 5 nitrogen and oxygen atoms in total. The number of amides is 2. The van der Waals surface area contributed by atoms with E-state index in [9.17, 15) is 9.59 Å². The number of nitrogens with zero attached hydrogens (tertiary/aromatic N) is 1. The number of nitrogens with two attached hydrogens (primary N) is 2. The lowest BCUT2D eigenvalue weighted by Crippen LogP contribution is -2.55. The summed E-state index contributed by atoms with van der Waals surface area (Å²) in [6.45, 7) is 3.27. The maximum atomic E-state index is 12.6. The van der Waals surface area contributed by atoms with Crippen molar-refractivity contribution in [2.24, 2.45) is 23.3 Å². The highest BCUT2D eigenvalue weighted by molar-refractivity contribution is 5.81. The normalized spacial score (nSPS) is 33.2. The van der Waals surface area contributed by atoms with E-state index in [1.807, 2.05) is 11.8 Å². The van der Waals surface area contributed by atoms with Crippen molar-refractivity contribution in [3.8, 4) is 0 Å². The van der Waals surface area contributed by atoms with Crippen LogP contribution in [0.15, 0.2) is 0 Å². The molecule has 0 spiro atoms. The quantitative estimate of drug-likeness (QED) is 0.768. The number of rotatable bonds is 2. The smallest absolute Gasteiger partial charge is 0.227 e. The molecule has 1 aliphatic heterocycles. The van der Waals surface area contributed by atoms with Gasteiger partial charge in [-0.15, -0.1) is 0 Å². The van der Waals surface area contributed by atoms with Gasteiger partial charge in [-0.1, -0.05) is 12.8 Å². The van der Waals surface area contributed by atoms with Crippen LogP contribution in [0.1, 0.15) is 45.4 Å². The molecule has 0 bridgehead atoms. The summed E-state index contributed by atoms with van der Waals surface area (Å²) >= 11 is 0. The first-order valence-corrected chi connectivity index (χ1v) is 7.29. The first kappa shape index (κ1) is 14.3. The van der Waals surface area contributed by atoms with Crippen LogP contribution in [-0.2, 0) is 9.59 Å². The van der Waals surface area contributed by atoms with E-state index < -0.39 is 0 Å². The van der Waals surface area contributed by atoms with Crippen LogP contribution in [0.4, 0.5) is 0 Å². The lowest BCUT2D eigenvalue weighted by Gasteiger charge is -2.41. The molecule has 1 saturated carbocycles. The molecule has 0 aromatic heterocycles. The highest BCUT2D eigenvalue weighted by Gasteiger charge is 2.40. The molecule has 2 aliphatic rings. The summed E-state index contributed by atoms with van der Waals surface area (Å²) in [7, 11) is 0. The molecule has 2 atom stereocenters. The summed E-state index contributed by atoms with van der Waals surface area (Å²) in [5.74, 6) is -0.202. The van der Waals surface area contributed by atoms with E-state index in [1.165, 1.54) is 0 Å². The maximum absolute atomic E-state index is 12.6. The van der Waals surface area contributed by atoms with E-state index in [0.29, 0.717) is 25.9 Å². The molecule has 1 heterocycles. The van der Waals surface area contributed by atoms with Crippen molar-refractivity contribution in [1.29, 1.82) is 0 Å². The molecule has 19 heavy (non-hydrogen) atoms. The predicted molar refractivity (Wildman–Crippen MR) is 73.0 cm³/mol. The number of piperidine rings is 1. The average molecular weight is 267 g/mol. The van der Waals surface area contributed by atoms with Crippen LogP contribution >= 0.6 is 0 Å². The Bertz CT molecular complexity index is 360. The van der Waals surface area contributed by atoms with E-state index in [2.05, 4.69) is 0 Å². The summed E-state index contributed by atoms with van der Waals surface area (Å²) in [5.41, 5.74) is 11.2. The molecule has 2 fully saturated rings. The van der Waals surface area contributed by atoms with Gasteiger partial charge in [0.15, 0.2) is 0 Å². The minimum atomic E-state index is -0.379. The number of carbonyl (C=O) groups excluding carboxylic acids is 2. The summed E-state index contributed by atoms with van der Waals surface area (Å²) in [4.78, 5) is 25.6. The lowest BCUT2D eigenvalue weighted by atomic mass is 9.73. The summed E-state index contributed by atoms with van der Waals surface area (Å²) in [6, 6.07) is 0. The van der Waals surface area contributed by atoms with Gasteiger partial charge in [0, 0.05) is 24.5 Å². The monoisotopic (exact) mass is 267 g/mol. The zero-order valence-corrected chi connectivity index (χ0v) is 11.7. The van der Waals surface area contributed by atoms with Crippen molar-refractivity contribution in [3.63, 3.8) is 0 Å². The van der Waals surface area contributed by atoms with Gasteiger partial charge in [0.25, 0.3) is 0 Å². The Morgan fingerprint density at radius 3 is 2.32 bits per heavy atom. The molecule has 0 radical (unpaired) electrons. The molecule has 4 N–H and O–H groups in total. The minimum Gasteiger partial charge on any atom is -0.369 e. The van der Waals surface area contributed by atoms with Crippen LogP contribution in [0.2, 0.25) is 0 Å². The molecular weight excluding hydrogens is 242 g/mol. The Hall–Kier alpha value is -1.10. The van der Waals surface area contributed by atoms with Gasteiger partial charge in [-0.3, -0.25) is 9.59 Å². The van der Waals surface area contributed by atoms with Gasteiger partial charge in [0.1, 0.15) is 0 Å². The summed E-state index contributed by atoms with van der Waals surface area (Å²) < 4.78 is 0. The highest BCUT2D eigenvalue weighted by atomic mass is 16.2. The molecule has 0 aromatic rings.